The van der Waals surface area contributed by atoms with Crippen molar-refractivity contribution in [3.8, 4) is 5.69 Å². The average molecular weight is 516 g/mol. The molecule has 1 aliphatic heterocycles. The quantitative estimate of drug-likeness (QED) is 0.141. The van der Waals surface area contributed by atoms with Crippen LogP contribution in [0.2, 0.25) is 0 Å². The normalized spacial score (nSPS) is 14.9. The number of unbranched alkanes of at least 4 members (excludes halogenated alkanes) is 1. The van der Waals surface area contributed by atoms with E-state index in [-0.39, 0.29) is 17.4 Å². The number of aryl methyl sites for hydroxylation is 2. The summed E-state index contributed by atoms with van der Waals surface area (Å²) in [6.45, 7) is 0.391. The van der Waals surface area contributed by atoms with Crippen molar-refractivity contribution in [2.45, 2.75) is 43.7 Å². The Labute approximate surface area is 217 Å². The minimum atomic E-state index is -0.213. The maximum atomic E-state index is 13.8. The maximum Gasteiger partial charge on any atom is 0.267 e. The van der Waals surface area contributed by atoms with Crippen molar-refractivity contribution in [1.29, 1.82) is 0 Å². The molecule has 0 atom stereocenters. The van der Waals surface area contributed by atoms with Crippen LogP contribution >= 0.6 is 23.1 Å². The van der Waals surface area contributed by atoms with Crippen LogP contribution in [0.1, 0.15) is 56.8 Å². The zero-order valence-electron chi connectivity index (χ0n) is 19.7. The molecule has 2 aliphatic rings. The molecule has 0 unspecified atom stereocenters. The van der Waals surface area contributed by atoms with E-state index < -0.39 is 0 Å². The van der Waals surface area contributed by atoms with Gasteiger partial charge in [-0.25, -0.2) is 4.98 Å². The molecule has 0 saturated carbocycles. The van der Waals surface area contributed by atoms with E-state index in [1.165, 1.54) is 21.8 Å². The molecule has 6 nitrogen and oxygen atoms in total. The molecule has 6 rings (SSSR count). The number of aromatic nitrogens is 2. The summed E-state index contributed by atoms with van der Waals surface area (Å²) < 4.78 is 1.75. The fourth-order valence-electron chi connectivity index (χ4n) is 5.07. The molecule has 8 heteroatoms. The zero-order chi connectivity index (χ0) is 24.6. The highest BCUT2D eigenvalue weighted by Gasteiger charge is 2.34. The fraction of sp³-hybridized carbons (Fsp3) is 0.286. The first-order valence-electron chi connectivity index (χ1n) is 12.3. The van der Waals surface area contributed by atoms with Gasteiger partial charge in [-0.2, -0.15) is 0 Å². The molecule has 3 heterocycles. The van der Waals surface area contributed by atoms with Crippen LogP contribution in [0.3, 0.4) is 0 Å². The number of imide groups is 1. The molecule has 2 aromatic heterocycles. The predicted octanol–water partition coefficient (Wildman–Crippen LogP) is 5.49. The Balaban J connectivity index is 1.20. The van der Waals surface area contributed by atoms with Crippen LogP contribution in [0.25, 0.3) is 15.9 Å². The second-order valence-corrected chi connectivity index (χ2v) is 11.3. The molecular formula is C28H25N3O3S2. The summed E-state index contributed by atoms with van der Waals surface area (Å²) in [6, 6.07) is 16.7. The molecule has 36 heavy (non-hydrogen) atoms. The van der Waals surface area contributed by atoms with Gasteiger partial charge in [-0.3, -0.25) is 23.9 Å². The first kappa shape index (κ1) is 23.2. The van der Waals surface area contributed by atoms with Gasteiger partial charge in [0.05, 0.1) is 22.2 Å². The third kappa shape index (κ3) is 3.98. The Bertz CT molecular complexity index is 1510. The summed E-state index contributed by atoms with van der Waals surface area (Å²) in [5.74, 6) is 0.309. The van der Waals surface area contributed by atoms with Crippen molar-refractivity contribution in [3.05, 3.63) is 86.5 Å². The molecule has 182 valence electrons. The lowest BCUT2D eigenvalue weighted by Gasteiger charge is -2.15. The molecule has 2 aromatic carbocycles. The molecule has 0 bridgehead atoms. The molecular weight excluding hydrogens is 490 g/mol. The molecule has 1 aliphatic carbocycles. The van der Waals surface area contributed by atoms with E-state index in [9.17, 15) is 14.4 Å². The Morgan fingerprint density at radius 1 is 0.861 bits per heavy atom. The third-order valence-corrected chi connectivity index (χ3v) is 9.07. The number of thioether (sulfide) groups is 1. The predicted molar refractivity (Wildman–Crippen MR) is 144 cm³/mol. The van der Waals surface area contributed by atoms with Gasteiger partial charge in [0.15, 0.2) is 5.16 Å². The molecule has 0 radical (unpaired) electrons. The Morgan fingerprint density at radius 2 is 1.56 bits per heavy atom. The van der Waals surface area contributed by atoms with Gasteiger partial charge in [-0.05, 0) is 68.4 Å². The monoisotopic (exact) mass is 515 g/mol. The number of hydrogen-bond donors (Lipinski definition) is 0. The van der Waals surface area contributed by atoms with Crippen LogP contribution in [0.15, 0.2) is 64.5 Å². The first-order chi connectivity index (χ1) is 17.6. The van der Waals surface area contributed by atoms with E-state index in [1.54, 1.807) is 51.9 Å². The van der Waals surface area contributed by atoms with Crippen molar-refractivity contribution < 1.29 is 9.59 Å². The number of rotatable bonds is 7. The van der Waals surface area contributed by atoms with Gasteiger partial charge in [-0.1, -0.05) is 42.1 Å². The number of para-hydroxylation sites is 1. The summed E-state index contributed by atoms with van der Waals surface area (Å²) in [6.07, 6.45) is 5.76. The van der Waals surface area contributed by atoms with Crippen molar-refractivity contribution >= 4 is 45.1 Å². The highest BCUT2D eigenvalue weighted by Crippen LogP contribution is 2.35. The van der Waals surface area contributed by atoms with Gasteiger partial charge in [0.2, 0.25) is 0 Å². The fourth-order valence-corrected chi connectivity index (χ4v) is 7.38. The van der Waals surface area contributed by atoms with Crippen LogP contribution in [0.5, 0.6) is 0 Å². The topological polar surface area (TPSA) is 72.3 Å². The van der Waals surface area contributed by atoms with E-state index in [4.69, 9.17) is 4.98 Å². The molecule has 0 N–H and O–H groups in total. The third-order valence-electron chi connectivity index (χ3n) is 6.86. The smallest absolute Gasteiger partial charge is 0.267 e. The van der Waals surface area contributed by atoms with E-state index in [1.807, 2.05) is 30.3 Å². The van der Waals surface area contributed by atoms with Gasteiger partial charge in [-0.15, -0.1) is 11.3 Å². The number of hydrogen-bond acceptors (Lipinski definition) is 6. The maximum absolute atomic E-state index is 13.8. The van der Waals surface area contributed by atoms with Gasteiger partial charge in [0.25, 0.3) is 17.4 Å². The Kier molecular flexibility index (Phi) is 6.23. The molecule has 0 saturated heterocycles. The molecule has 0 spiro atoms. The number of carbonyl (C=O) groups is 2. The summed E-state index contributed by atoms with van der Waals surface area (Å²) in [5.41, 5.74) is 3.00. The van der Waals surface area contributed by atoms with Crippen molar-refractivity contribution in [2.24, 2.45) is 0 Å². The Morgan fingerprint density at radius 3 is 2.31 bits per heavy atom. The number of amides is 2. The SMILES string of the molecule is O=C1c2ccccc2C(=O)N1CCCCSc1nc2sc3c(c2c(=O)n1-c1ccccc1)CCCC3. The van der Waals surface area contributed by atoms with Gasteiger partial charge in [0.1, 0.15) is 4.83 Å². The largest absolute Gasteiger partial charge is 0.274 e. The van der Waals surface area contributed by atoms with E-state index in [0.29, 0.717) is 29.2 Å². The van der Waals surface area contributed by atoms with Gasteiger partial charge in [0, 0.05) is 17.2 Å². The zero-order valence-corrected chi connectivity index (χ0v) is 21.4. The number of carbonyl (C=O) groups excluding carboxylic acids is 2. The lowest BCUT2D eigenvalue weighted by atomic mass is 9.97. The van der Waals surface area contributed by atoms with Gasteiger partial charge < -0.3 is 0 Å². The highest BCUT2D eigenvalue weighted by molar-refractivity contribution is 7.99. The van der Waals surface area contributed by atoms with Crippen molar-refractivity contribution in [2.75, 3.05) is 12.3 Å². The number of fused-ring (bicyclic) bond motifs is 4. The van der Waals surface area contributed by atoms with E-state index >= 15 is 0 Å². The summed E-state index contributed by atoms with van der Waals surface area (Å²) in [4.78, 5) is 47.4. The van der Waals surface area contributed by atoms with Crippen LogP contribution in [0.4, 0.5) is 0 Å². The minimum Gasteiger partial charge on any atom is -0.274 e. The highest BCUT2D eigenvalue weighted by atomic mass is 32.2. The number of nitrogens with zero attached hydrogens (tertiary/aromatic N) is 3. The van der Waals surface area contributed by atoms with Crippen LogP contribution < -0.4 is 5.56 Å². The van der Waals surface area contributed by atoms with Crippen LogP contribution in [0, 0.1) is 0 Å². The van der Waals surface area contributed by atoms with E-state index in [2.05, 4.69) is 0 Å². The van der Waals surface area contributed by atoms with Crippen LogP contribution in [-0.2, 0) is 12.8 Å². The second kappa shape index (κ2) is 9.67. The molecule has 2 amide bonds. The number of thiophene rings is 1. The average Bonchev–Trinajstić information content (AvgIpc) is 3.40. The lowest BCUT2D eigenvalue weighted by molar-refractivity contribution is 0.0652. The lowest BCUT2D eigenvalue weighted by Crippen LogP contribution is -2.30. The summed E-state index contributed by atoms with van der Waals surface area (Å²) >= 11 is 3.23. The first-order valence-corrected chi connectivity index (χ1v) is 14.1. The Hall–Kier alpha value is -3.23. The van der Waals surface area contributed by atoms with Crippen LogP contribution in [-0.4, -0.2) is 38.6 Å². The number of benzene rings is 2. The van der Waals surface area contributed by atoms with Crippen molar-refractivity contribution in [1.82, 2.24) is 14.5 Å². The summed E-state index contributed by atoms with van der Waals surface area (Å²) in [5, 5.41) is 1.48. The summed E-state index contributed by atoms with van der Waals surface area (Å²) in [7, 11) is 0. The second-order valence-electron chi connectivity index (χ2n) is 9.12. The van der Waals surface area contributed by atoms with Crippen molar-refractivity contribution in [3.63, 3.8) is 0 Å². The molecule has 4 aromatic rings. The standard InChI is InChI=1S/C28H25N3O3S2/c32-25-19-12-4-5-13-20(19)26(33)30(25)16-8-9-17-35-28-29-24-23(21-14-6-7-15-22(21)36-24)27(34)31(28)18-10-2-1-3-11-18/h1-5,10-13H,6-9,14-17H2. The minimum absolute atomic E-state index is 0.0131. The molecule has 0 fully saturated rings. The van der Waals surface area contributed by atoms with E-state index in [0.717, 1.165) is 47.3 Å². The van der Waals surface area contributed by atoms with Gasteiger partial charge >= 0.3 is 0 Å².